The Morgan fingerprint density at radius 3 is 2.23 bits per heavy atom. The van der Waals surface area contributed by atoms with Crippen LogP contribution in [0.2, 0.25) is 0 Å². The van der Waals surface area contributed by atoms with Crippen molar-refractivity contribution in [3.8, 4) is 0 Å². The van der Waals surface area contributed by atoms with Crippen LogP contribution >= 0.6 is 11.6 Å². The number of rotatable bonds is 8. The fourth-order valence-electron chi connectivity index (χ4n) is 2.75. The van der Waals surface area contributed by atoms with Crippen LogP contribution in [0.5, 0.6) is 0 Å². The van der Waals surface area contributed by atoms with Crippen LogP contribution in [-0.4, -0.2) is 40.6 Å². The molecule has 2 rings (SSSR count). The summed E-state index contributed by atoms with van der Waals surface area (Å²) in [5, 5.41) is 13.5. The summed E-state index contributed by atoms with van der Waals surface area (Å²) in [7, 11) is 0. The third-order valence-electron chi connectivity index (χ3n) is 4.17. The number of carbonyl (C=O) groups is 2. The number of carbonyl (C=O) groups excluding carboxylic acids is 2. The SMILES string of the molecule is CC(C)(C)OC(=O)NC(Cc1ccccc1)C(CCl)OC(=O)c1ccc([N+](=O)[O-])cc1. The molecule has 0 aliphatic rings. The van der Waals surface area contributed by atoms with E-state index >= 15 is 0 Å². The average Bonchev–Trinajstić information content (AvgIpc) is 2.70. The van der Waals surface area contributed by atoms with E-state index in [1.54, 1.807) is 20.8 Å². The average molecular weight is 449 g/mol. The predicted octanol–water partition coefficient (Wildman–Crippen LogP) is 4.50. The van der Waals surface area contributed by atoms with Gasteiger partial charge in [0, 0.05) is 12.1 Å². The molecule has 166 valence electrons. The maximum absolute atomic E-state index is 12.6. The first-order chi connectivity index (χ1) is 14.6. The monoisotopic (exact) mass is 448 g/mol. The smallest absolute Gasteiger partial charge is 0.408 e. The van der Waals surface area contributed by atoms with E-state index in [0.29, 0.717) is 6.42 Å². The van der Waals surface area contributed by atoms with Gasteiger partial charge in [-0.2, -0.15) is 0 Å². The second kappa shape index (κ2) is 10.8. The number of alkyl halides is 1. The van der Waals surface area contributed by atoms with Gasteiger partial charge in [-0.15, -0.1) is 11.6 Å². The molecule has 0 bridgehead atoms. The molecule has 1 amide bonds. The number of halogens is 1. The minimum absolute atomic E-state index is 0.0774. The Morgan fingerprint density at radius 2 is 1.71 bits per heavy atom. The van der Waals surface area contributed by atoms with Crippen LogP contribution in [0.15, 0.2) is 54.6 Å². The fourth-order valence-corrected chi connectivity index (χ4v) is 3.03. The van der Waals surface area contributed by atoms with Crippen LogP contribution < -0.4 is 5.32 Å². The highest BCUT2D eigenvalue weighted by Crippen LogP contribution is 2.17. The number of nitro benzene ring substituents is 1. The van der Waals surface area contributed by atoms with Gasteiger partial charge in [0.1, 0.15) is 11.7 Å². The number of alkyl carbamates (subject to hydrolysis) is 1. The van der Waals surface area contributed by atoms with Crippen LogP contribution in [0.25, 0.3) is 0 Å². The fraction of sp³-hybridized carbons (Fsp3) is 0.364. The molecule has 2 atom stereocenters. The van der Waals surface area contributed by atoms with Crippen LogP contribution in [0, 0.1) is 10.1 Å². The topological polar surface area (TPSA) is 108 Å². The van der Waals surface area contributed by atoms with Crippen LogP contribution in [-0.2, 0) is 15.9 Å². The summed E-state index contributed by atoms with van der Waals surface area (Å²) < 4.78 is 10.9. The molecule has 0 saturated heterocycles. The Hall–Kier alpha value is -3.13. The molecule has 0 aliphatic carbocycles. The first-order valence-corrected chi connectivity index (χ1v) is 10.2. The Morgan fingerprint density at radius 1 is 1.10 bits per heavy atom. The second-order valence-corrected chi connectivity index (χ2v) is 8.15. The number of nitro groups is 1. The summed E-state index contributed by atoms with van der Waals surface area (Å²) in [5.74, 6) is -0.781. The molecule has 9 heteroatoms. The van der Waals surface area contributed by atoms with Crippen molar-refractivity contribution in [2.24, 2.45) is 0 Å². The van der Waals surface area contributed by atoms with Crippen LogP contribution in [0.3, 0.4) is 0 Å². The molecule has 2 aromatic carbocycles. The number of ether oxygens (including phenoxy) is 2. The molecule has 31 heavy (non-hydrogen) atoms. The zero-order valence-corrected chi connectivity index (χ0v) is 18.3. The van der Waals surface area contributed by atoms with E-state index < -0.39 is 34.7 Å². The standard InChI is InChI=1S/C22H25ClN2O6/c1-22(2,3)31-21(27)24-18(13-15-7-5-4-6-8-15)19(14-23)30-20(26)16-9-11-17(12-10-16)25(28)29/h4-12,18-19H,13-14H2,1-3H3,(H,24,27). The molecular formula is C22H25ClN2O6. The molecule has 0 aliphatic heterocycles. The largest absolute Gasteiger partial charge is 0.455 e. The van der Waals surface area contributed by atoms with Gasteiger partial charge in [-0.25, -0.2) is 9.59 Å². The van der Waals surface area contributed by atoms with Gasteiger partial charge in [0.25, 0.3) is 5.69 Å². The third-order valence-corrected chi connectivity index (χ3v) is 4.48. The summed E-state index contributed by atoms with van der Waals surface area (Å²) >= 11 is 6.08. The number of non-ortho nitro benzene ring substituents is 1. The lowest BCUT2D eigenvalue weighted by Gasteiger charge is -2.28. The first kappa shape index (κ1) is 24.1. The summed E-state index contributed by atoms with van der Waals surface area (Å²) in [5.41, 5.74) is 0.202. The normalized spacial score (nSPS) is 13.0. The van der Waals surface area contributed by atoms with E-state index in [4.69, 9.17) is 21.1 Å². The molecule has 1 N–H and O–H groups in total. The molecule has 8 nitrogen and oxygen atoms in total. The predicted molar refractivity (Wildman–Crippen MR) is 116 cm³/mol. The van der Waals surface area contributed by atoms with Crippen molar-refractivity contribution in [3.05, 3.63) is 75.8 Å². The first-order valence-electron chi connectivity index (χ1n) is 9.64. The summed E-state index contributed by atoms with van der Waals surface area (Å²) in [6, 6.07) is 13.7. The number of hydrogen-bond donors (Lipinski definition) is 1. The summed E-state index contributed by atoms with van der Waals surface area (Å²) in [6.07, 6.45) is -1.17. The Kier molecular flexibility index (Phi) is 8.38. The molecule has 2 aromatic rings. The Balaban J connectivity index is 2.18. The molecule has 0 saturated carbocycles. The van der Waals surface area contributed by atoms with Gasteiger partial charge in [-0.3, -0.25) is 10.1 Å². The van der Waals surface area contributed by atoms with Crippen LogP contribution in [0.1, 0.15) is 36.7 Å². The minimum Gasteiger partial charge on any atom is -0.455 e. The highest BCUT2D eigenvalue weighted by Gasteiger charge is 2.29. The van der Waals surface area contributed by atoms with Crippen molar-refractivity contribution in [3.63, 3.8) is 0 Å². The van der Waals surface area contributed by atoms with Crippen LogP contribution in [0.4, 0.5) is 10.5 Å². The van der Waals surface area contributed by atoms with E-state index in [1.165, 1.54) is 24.3 Å². The number of amides is 1. The van der Waals surface area contributed by atoms with Gasteiger partial charge in [0.05, 0.1) is 22.4 Å². The molecule has 0 radical (unpaired) electrons. The van der Waals surface area contributed by atoms with Gasteiger partial charge in [-0.05, 0) is 44.9 Å². The lowest BCUT2D eigenvalue weighted by molar-refractivity contribution is -0.384. The van der Waals surface area contributed by atoms with Crippen molar-refractivity contribution in [1.82, 2.24) is 5.32 Å². The molecule has 0 aromatic heterocycles. The maximum atomic E-state index is 12.6. The van der Waals surface area contributed by atoms with Gasteiger partial charge >= 0.3 is 12.1 Å². The lowest BCUT2D eigenvalue weighted by Crippen LogP contribution is -2.49. The lowest BCUT2D eigenvalue weighted by atomic mass is 10.0. The van der Waals surface area contributed by atoms with E-state index in [2.05, 4.69) is 5.32 Å². The minimum atomic E-state index is -0.864. The quantitative estimate of drug-likeness (QED) is 0.276. The van der Waals surface area contributed by atoms with Gasteiger partial charge in [-0.1, -0.05) is 30.3 Å². The molecule has 0 spiro atoms. The second-order valence-electron chi connectivity index (χ2n) is 7.84. The van der Waals surface area contributed by atoms with Crippen molar-refractivity contribution in [2.45, 2.75) is 44.9 Å². The third kappa shape index (κ3) is 7.90. The number of nitrogens with zero attached hydrogens (tertiary/aromatic N) is 1. The molecule has 0 fully saturated rings. The van der Waals surface area contributed by atoms with E-state index in [1.807, 2.05) is 30.3 Å². The zero-order valence-electron chi connectivity index (χ0n) is 17.5. The van der Waals surface area contributed by atoms with Gasteiger partial charge < -0.3 is 14.8 Å². The van der Waals surface area contributed by atoms with Crippen molar-refractivity contribution in [1.29, 1.82) is 0 Å². The summed E-state index contributed by atoms with van der Waals surface area (Å²) in [4.78, 5) is 35.2. The molecular weight excluding hydrogens is 424 g/mol. The highest BCUT2D eigenvalue weighted by atomic mass is 35.5. The number of hydrogen-bond acceptors (Lipinski definition) is 6. The molecule has 2 unspecified atom stereocenters. The van der Waals surface area contributed by atoms with Gasteiger partial charge in [0.15, 0.2) is 0 Å². The van der Waals surface area contributed by atoms with E-state index in [-0.39, 0.29) is 17.1 Å². The van der Waals surface area contributed by atoms with Gasteiger partial charge in [0.2, 0.25) is 0 Å². The van der Waals surface area contributed by atoms with Crippen molar-refractivity contribution >= 4 is 29.4 Å². The zero-order chi connectivity index (χ0) is 23.0. The highest BCUT2D eigenvalue weighted by molar-refractivity contribution is 6.18. The Bertz CT molecular complexity index is 896. The Labute approximate surface area is 185 Å². The number of esters is 1. The van der Waals surface area contributed by atoms with Crippen molar-refractivity contribution < 1.29 is 24.0 Å². The van der Waals surface area contributed by atoms with E-state index in [9.17, 15) is 19.7 Å². The van der Waals surface area contributed by atoms with E-state index in [0.717, 1.165) is 5.56 Å². The summed E-state index contributed by atoms with van der Waals surface area (Å²) in [6.45, 7) is 5.23. The molecule has 0 heterocycles. The van der Waals surface area contributed by atoms with Crippen molar-refractivity contribution in [2.75, 3.05) is 5.88 Å². The number of nitrogens with one attached hydrogen (secondary N) is 1. The maximum Gasteiger partial charge on any atom is 0.408 e. The number of benzene rings is 2.